The van der Waals surface area contributed by atoms with Gasteiger partial charge in [-0.1, -0.05) is 30.1 Å². The number of halogens is 2. The van der Waals surface area contributed by atoms with E-state index in [4.69, 9.17) is 27.6 Å². The van der Waals surface area contributed by atoms with E-state index in [9.17, 15) is 4.79 Å². The van der Waals surface area contributed by atoms with Gasteiger partial charge in [0, 0.05) is 22.9 Å². The predicted octanol–water partition coefficient (Wildman–Crippen LogP) is 4.72. The van der Waals surface area contributed by atoms with Crippen LogP contribution in [-0.2, 0) is 0 Å². The lowest BCUT2D eigenvalue weighted by Gasteiger charge is -1.93. The summed E-state index contributed by atoms with van der Waals surface area (Å²) < 4.78 is 5.43. The third-order valence-electron chi connectivity index (χ3n) is 2.30. The van der Waals surface area contributed by atoms with E-state index in [2.05, 4.69) is 0 Å². The standard InChI is InChI=1S/C12H10Cl2O2/c1-2-3-10(15)12-6-8-9(14)4-7(13)5-11(8)16-12/h4-6H,2-3H2,1H3. The summed E-state index contributed by atoms with van der Waals surface area (Å²) in [5.74, 6) is 0.340. The molecule has 0 atom stereocenters. The molecule has 0 radical (unpaired) electrons. The van der Waals surface area contributed by atoms with Crippen molar-refractivity contribution in [3.05, 3.63) is 34.0 Å². The predicted molar refractivity (Wildman–Crippen MR) is 65.5 cm³/mol. The minimum Gasteiger partial charge on any atom is -0.453 e. The number of furan rings is 1. The summed E-state index contributed by atoms with van der Waals surface area (Å²) in [6, 6.07) is 4.96. The van der Waals surface area contributed by atoms with Crippen LogP contribution in [0.3, 0.4) is 0 Å². The molecule has 0 spiro atoms. The SMILES string of the molecule is CCCC(=O)c1cc2c(Cl)cc(Cl)cc2o1. The lowest BCUT2D eigenvalue weighted by Crippen LogP contribution is -1.94. The molecule has 0 aliphatic rings. The summed E-state index contributed by atoms with van der Waals surface area (Å²) in [6.45, 7) is 1.95. The van der Waals surface area contributed by atoms with E-state index in [1.165, 1.54) is 0 Å². The van der Waals surface area contributed by atoms with Gasteiger partial charge in [0.15, 0.2) is 11.5 Å². The first-order valence-corrected chi connectivity index (χ1v) is 5.79. The molecule has 2 aromatic rings. The van der Waals surface area contributed by atoms with Gasteiger partial charge in [-0.3, -0.25) is 4.79 Å². The molecular formula is C12H10Cl2O2. The van der Waals surface area contributed by atoms with E-state index in [1.54, 1.807) is 18.2 Å². The van der Waals surface area contributed by atoms with E-state index in [0.29, 0.717) is 27.8 Å². The molecule has 2 rings (SSSR count). The van der Waals surface area contributed by atoms with Gasteiger partial charge in [-0.15, -0.1) is 0 Å². The molecule has 0 saturated carbocycles. The maximum atomic E-state index is 11.6. The van der Waals surface area contributed by atoms with Crippen molar-refractivity contribution in [2.24, 2.45) is 0 Å². The van der Waals surface area contributed by atoms with Crippen LogP contribution in [-0.4, -0.2) is 5.78 Å². The van der Waals surface area contributed by atoms with Crippen LogP contribution in [0.15, 0.2) is 22.6 Å². The first-order valence-electron chi connectivity index (χ1n) is 5.03. The fourth-order valence-corrected chi connectivity index (χ4v) is 2.08. The number of ketones is 1. The van der Waals surface area contributed by atoms with Crippen molar-refractivity contribution in [3.8, 4) is 0 Å². The summed E-state index contributed by atoms with van der Waals surface area (Å²) in [6.07, 6.45) is 1.27. The van der Waals surface area contributed by atoms with Gasteiger partial charge in [0.1, 0.15) is 5.58 Å². The van der Waals surface area contributed by atoms with Crippen molar-refractivity contribution in [1.29, 1.82) is 0 Å². The Bertz CT molecular complexity index is 543. The van der Waals surface area contributed by atoms with E-state index in [-0.39, 0.29) is 5.78 Å². The first kappa shape index (κ1) is 11.5. The van der Waals surface area contributed by atoms with Crippen LogP contribution in [0.4, 0.5) is 0 Å². The van der Waals surface area contributed by atoms with Gasteiger partial charge in [-0.05, 0) is 18.6 Å². The Balaban J connectivity index is 2.51. The molecule has 2 nitrogen and oxygen atoms in total. The number of fused-ring (bicyclic) bond motifs is 1. The molecule has 0 unspecified atom stereocenters. The summed E-state index contributed by atoms with van der Waals surface area (Å²) in [5, 5.41) is 1.73. The van der Waals surface area contributed by atoms with Crippen molar-refractivity contribution in [2.45, 2.75) is 19.8 Å². The number of benzene rings is 1. The normalized spacial score (nSPS) is 10.9. The molecule has 1 heterocycles. The highest BCUT2D eigenvalue weighted by molar-refractivity contribution is 6.38. The second-order valence-electron chi connectivity index (χ2n) is 3.58. The zero-order chi connectivity index (χ0) is 11.7. The van der Waals surface area contributed by atoms with Crippen molar-refractivity contribution in [3.63, 3.8) is 0 Å². The maximum Gasteiger partial charge on any atom is 0.198 e. The zero-order valence-electron chi connectivity index (χ0n) is 8.72. The van der Waals surface area contributed by atoms with Gasteiger partial charge < -0.3 is 4.42 Å². The molecule has 0 bridgehead atoms. The van der Waals surface area contributed by atoms with Crippen LogP contribution >= 0.6 is 23.2 Å². The maximum absolute atomic E-state index is 11.6. The van der Waals surface area contributed by atoms with Crippen molar-refractivity contribution < 1.29 is 9.21 Å². The van der Waals surface area contributed by atoms with E-state index < -0.39 is 0 Å². The van der Waals surface area contributed by atoms with Gasteiger partial charge in [0.25, 0.3) is 0 Å². The molecule has 16 heavy (non-hydrogen) atoms. The summed E-state index contributed by atoms with van der Waals surface area (Å²) in [5.41, 5.74) is 0.553. The van der Waals surface area contributed by atoms with Crippen molar-refractivity contribution >= 4 is 40.0 Å². The van der Waals surface area contributed by atoms with Crippen LogP contribution in [0.1, 0.15) is 30.3 Å². The highest BCUT2D eigenvalue weighted by atomic mass is 35.5. The van der Waals surface area contributed by atoms with E-state index in [0.717, 1.165) is 11.8 Å². The van der Waals surface area contributed by atoms with Gasteiger partial charge in [-0.25, -0.2) is 0 Å². The van der Waals surface area contributed by atoms with E-state index in [1.807, 2.05) is 6.92 Å². The second-order valence-corrected chi connectivity index (χ2v) is 4.43. The number of hydrogen-bond donors (Lipinski definition) is 0. The van der Waals surface area contributed by atoms with Gasteiger partial charge >= 0.3 is 0 Å². The molecule has 0 aliphatic heterocycles. The largest absolute Gasteiger partial charge is 0.453 e. The van der Waals surface area contributed by atoms with Crippen LogP contribution in [0.5, 0.6) is 0 Å². The number of hydrogen-bond acceptors (Lipinski definition) is 2. The Hall–Kier alpha value is -0.990. The average Bonchev–Trinajstić information content (AvgIpc) is 2.62. The Morgan fingerprint density at radius 1 is 1.31 bits per heavy atom. The molecule has 0 fully saturated rings. The van der Waals surface area contributed by atoms with Crippen LogP contribution in [0, 0.1) is 0 Å². The summed E-state index contributed by atoms with van der Waals surface area (Å²) in [7, 11) is 0. The average molecular weight is 257 g/mol. The van der Waals surface area contributed by atoms with Gasteiger partial charge in [-0.2, -0.15) is 0 Å². The smallest absolute Gasteiger partial charge is 0.198 e. The summed E-state index contributed by atoms with van der Waals surface area (Å²) in [4.78, 5) is 11.6. The molecule has 4 heteroatoms. The monoisotopic (exact) mass is 256 g/mol. The van der Waals surface area contributed by atoms with Crippen LogP contribution in [0.25, 0.3) is 11.0 Å². The van der Waals surface area contributed by atoms with Crippen LogP contribution in [0.2, 0.25) is 10.0 Å². The Kier molecular flexibility index (Phi) is 3.22. The van der Waals surface area contributed by atoms with Crippen molar-refractivity contribution in [1.82, 2.24) is 0 Å². The van der Waals surface area contributed by atoms with Crippen molar-refractivity contribution in [2.75, 3.05) is 0 Å². The highest BCUT2D eigenvalue weighted by Gasteiger charge is 2.13. The molecule has 0 aliphatic carbocycles. The van der Waals surface area contributed by atoms with Gasteiger partial charge in [0.2, 0.25) is 0 Å². The quantitative estimate of drug-likeness (QED) is 0.744. The molecule has 0 saturated heterocycles. The first-order chi connectivity index (χ1) is 7.61. The van der Waals surface area contributed by atoms with Gasteiger partial charge in [0.05, 0.1) is 5.02 Å². The lowest BCUT2D eigenvalue weighted by molar-refractivity contribution is 0.0957. The fourth-order valence-electron chi connectivity index (χ4n) is 1.55. The number of carbonyl (C=O) groups excluding carboxylic acids is 1. The number of Topliss-reactive ketones (excluding diaryl/α,β-unsaturated/α-hetero) is 1. The zero-order valence-corrected chi connectivity index (χ0v) is 10.2. The Morgan fingerprint density at radius 3 is 2.75 bits per heavy atom. The lowest BCUT2D eigenvalue weighted by atomic mass is 10.2. The number of carbonyl (C=O) groups is 1. The molecule has 0 N–H and O–H groups in total. The molecular weight excluding hydrogens is 247 g/mol. The number of rotatable bonds is 3. The van der Waals surface area contributed by atoms with E-state index >= 15 is 0 Å². The Morgan fingerprint density at radius 2 is 2.06 bits per heavy atom. The molecule has 84 valence electrons. The Labute approximate surface area is 103 Å². The van der Waals surface area contributed by atoms with Crippen LogP contribution < -0.4 is 0 Å². The fraction of sp³-hybridized carbons (Fsp3) is 0.250. The molecule has 0 amide bonds. The minimum atomic E-state index is -0.00844. The molecule has 1 aromatic carbocycles. The minimum absolute atomic E-state index is 0.00844. The highest BCUT2D eigenvalue weighted by Crippen LogP contribution is 2.30. The second kappa shape index (κ2) is 4.48. The third kappa shape index (κ3) is 2.08. The molecule has 1 aromatic heterocycles. The topological polar surface area (TPSA) is 30.2 Å². The summed E-state index contributed by atoms with van der Waals surface area (Å²) >= 11 is 11.8. The third-order valence-corrected chi connectivity index (χ3v) is 2.83.